The van der Waals surface area contributed by atoms with Gasteiger partial charge < -0.3 is 9.47 Å². The summed E-state index contributed by atoms with van der Waals surface area (Å²) in [6, 6.07) is 88.6. The highest BCUT2D eigenvalue weighted by Gasteiger charge is 2.30. The van der Waals surface area contributed by atoms with Crippen LogP contribution in [0.1, 0.15) is 0 Å². The molecule has 14 aromatic rings. The zero-order chi connectivity index (χ0) is 47.0. The van der Waals surface area contributed by atoms with Crippen molar-refractivity contribution in [2.75, 3.05) is 0 Å². The predicted octanol–water partition coefficient (Wildman–Crippen LogP) is 20.0. The van der Waals surface area contributed by atoms with Crippen LogP contribution in [0.4, 0.5) is 0 Å². The molecule has 2 nitrogen and oxygen atoms in total. The minimum atomic E-state index is 0.837. The van der Waals surface area contributed by atoms with Crippen molar-refractivity contribution in [3.8, 4) is 89.8 Å². The Hall–Kier alpha value is -9.50. The number of hydrogen-bond acceptors (Lipinski definition) is 2. The van der Waals surface area contributed by atoms with Gasteiger partial charge in [0.15, 0.2) is 0 Å². The molecule has 2 heterocycles. The van der Waals surface area contributed by atoms with E-state index in [9.17, 15) is 0 Å². The fraction of sp³-hybridized carbons (Fsp3) is 0. The van der Waals surface area contributed by atoms with Gasteiger partial charge in [-0.2, -0.15) is 0 Å². The Labute approximate surface area is 415 Å². The van der Waals surface area contributed by atoms with E-state index in [-0.39, 0.29) is 0 Å². The van der Waals surface area contributed by atoms with Crippen molar-refractivity contribution >= 4 is 75.4 Å². The van der Waals surface area contributed by atoms with E-state index in [4.69, 9.17) is 9.47 Å². The van der Waals surface area contributed by atoms with E-state index in [2.05, 4.69) is 243 Å². The Morgan fingerprint density at radius 1 is 0.194 bits per heavy atom. The summed E-state index contributed by atoms with van der Waals surface area (Å²) in [5, 5.41) is 16.9. The minimum absolute atomic E-state index is 0.837. The van der Waals surface area contributed by atoms with E-state index in [0.29, 0.717) is 0 Å². The lowest BCUT2D eigenvalue weighted by Crippen LogP contribution is -2.03. The van der Waals surface area contributed by atoms with Crippen molar-refractivity contribution in [1.29, 1.82) is 0 Å². The van der Waals surface area contributed by atoms with Gasteiger partial charge in [-0.1, -0.05) is 206 Å². The van der Waals surface area contributed by atoms with Crippen LogP contribution in [0.15, 0.2) is 243 Å². The van der Waals surface area contributed by atoms with Gasteiger partial charge in [-0.25, -0.2) is 0 Å². The summed E-state index contributed by atoms with van der Waals surface area (Å²) in [5.41, 5.74) is 14.1. The summed E-state index contributed by atoms with van der Waals surface area (Å²) in [7, 11) is 0. The molecule has 14 aromatic carbocycles. The second-order valence-electron chi connectivity index (χ2n) is 19.3. The highest BCUT2D eigenvalue weighted by atomic mass is 16.5. The second-order valence-corrected chi connectivity index (χ2v) is 19.3. The monoisotopic (exact) mass is 912 g/mol. The molecule has 0 fully saturated rings. The highest BCUT2D eigenvalue weighted by Crippen LogP contribution is 2.57. The largest absolute Gasteiger partial charge is 0.456 e. The number of fused-ring (bicyclic) bond motifs is 10. The van der Waals surface area contributed by atoms with E-state index in [1.54, 1.807) is 0 Å². The highest BCUT2D eigenvalue weighted by molar-refractivity contribution is 6.26. The number of hydrogen-bond donors (Lipinski definition) is 0. The van der Waals surface area contributed by atoms with Gasteiger partial charge in [0.2, 0.25) is 0 Å². The average Bonchev–Trinajstić information content (AvgIpc) is 3.44. The zero-order valence-electron chi connectivity index (χ0n) is 38.9. The molecular formula is C70H40O2. The molecule has 0 aromatic heterocycles. The van der Waals surface area contributed by atoms with E-state index in [1.807, 2.05) is 0 Å². The van der Waals surface area contributed by atoms with Gasteiger partial charge in [0.1, 0.15) is 23.0 Å². The summed E-state index contributed by atoms with van der Waals surface area (Å²) in [6.45, 7) is 0. The van der Waals surface area contributed by atoms with Gasteiger partial charge in [0.25, 0.3) is 0 Å². The molecule has 16 rings (SSSR count). The molecule has 0 spiro atoms. The first-order valence-electron chi connectivity index (χ1n) is 24.8. The van der Waals surface area contributed by atoms with Gasteiger partial charge in [-0.15, -0.1) is 0 Å². The van der Waals surface area contributed by atoms with Crippen molar-refractivity contribution in [1.82, 2.24) is 0 Å². The van der Waals surface area contributed by atoms with Crippen LogP contribution < -0.4 is 9.47 Å². The van der Waals surface area contributed by atoms with Gasteiger partial charge >= 0.3 is 0 Å². The Bertz CT molecular complexity index is 4270. The Morgan fingerprint density at radius 3 is 0.875 bits per heavy atom. The Morgan fingerprint density at radius 2 is 0.500 bits per heavy atom. The number of benzene rings is 14. The van der Waals surface area contributed by atoms with E-state index < -0.39 is 0 Å². The summed E-state index contributed by atoms with van der Waals surface area (Å²) < 4.78 is 14.0. The summed E-state index contributed by atoms with van der Waals surface area (Å²) in [6.07, 6.45) is 0. The third kappa shape index (κ3) is 5.55. The number of rotatable bonds is 4. The standard InChI is InChI=1S/C70H40O2/c1-3-19-45-41(15-1)17-13-29-49(45)67-55-25-9-5-21-51(55)65(52-22-6-10-26-56(52)67)43-31-33-47-59-35-36-60-48-34-32-44(40-64(48)72-62-38-37-61(69(59)70(60)62)71-63(47)39-43)66-53-23-7-11-27-57(53)68(58-28-12-8-24-54(58)66)50-30-14-18-42-16-2-4-20-46(42)50/h1-40H. The maximum absolute atomic E-state index is 7.01. The lowest BCUT2D eigenvalue weighted by atomic mass is 9.83. The maximum atomic E-state index is 7.01. The SMILES string of the molecule is c1ccc2c(-c3c4ccccc4c(-c4ccc5c(c4)Oc4ccc6c7c(ccc-5c47)-c4ccc(-c5c7ccccc7c(-c7cccc8ccccc78)c7ccccc57)cc4O6)c4ccccc34)cccc2c1. The first kappa shape index (κ1) is 39.4. The first-order chi connectivity index (χ1) is 35.7. The van der Waals surface area contributed by atoms with Crippen molar-refractivity contribution in [3.05, 3.63) is 243 Å². The molecule has 0 amide bonds. The molecule has 2 aliphatic heterocycles. The van der Waals surface area contributed by atoms with E-state index in [1.165, 1.54) is 98.0 Å². The predicted molar refractivity (Wildman–Crippen MR) is 302 cm³/mol. The van der Waals surface area contributed by atoms with Crippen molar-refractivity contribution in [2.24, 2.45) is 0 Å². The van der Waals surface area contributed by atoms with Crippen LogP contribution in [0.3, 0.4) is 0 Å². The van der Waals surface area contributed by atoms with Gasteiger partial charge in [-0.3, -0.25) is 0 Å². The molecule has 2 aliphatic rings. The van der Waals surface area contributed by atoms with Gasteiger partial charge in [0.05, 0.1) is 0 Å². The summed E-state index contributed by atoms with van der Waals surface area (Å²) in [4.78, 5) is 0. The van der Waals surface area contributed by atoms with Crippen molar-refractivity contribution in [3.63, 3.8) is 0 Å². The fourth-order valence-electron chi connectivity index (χ4n) is 12.6. The molecule has 332 valence electrons. The van der Waals surface area contributed by atoms with Crippen molar-refractivity contribution < 1.29 is 9.47 Å². The van der Waals surface area contributed by atoms with Gasteiger partial charge in [-0.05, 0) is 157 Å². The molecule has 0 bridgehead atoms. The molecule has 72 heavy (non-hydrogen) atoms. The summed E-state index contributed by atoms with van der Waals surface area (Å²) >= 11 is 0. The third-order valence-corrected chi connectivity index (χ3v) is 15.6. The van der Waals surface area contributed by atoms with E-state index in [0.717, 1.165) is 67.2 Å². The Balaban J connectivity index is 0.825. The van der Waals surface area contributed by atoms with Crippen LogP contribution >= 0.6 is 0 Å². The molecule has 0 N–H and O–H groups in total. The quantitative estimate of drug-likeness (QED) is 0.164. The molecule has 2 heteroatoms. The molecule has 0 unspecified atom stereocenters. The van der Waals surface area contributed by atoms with Crippen LogP contribution in [-0.4, -0.2) is 0 Å². The lowest BCUT2D eigenvalue weighted by molar-refractivity contribution is 0.475. The molecule has 0 atom stereocenters. The molecule has 0 aliphatic carbocycles. The van der Waals surface area contributed by atoms with Crippen LogP contribution in [0.5, 0.6) is 23.0 Å². The first-order valence-corrected chi connectivity index (χ1v) is 24.8. The van der Waals surface area contributed by atoms with Crippen LogP contribution in [-0.2, 0) is 0 Å². The van der Waals surface area contributed by atoms with E-state index >= 15 is 0 Å². The van der Waals surface area contributed by atoms with Crippen molar-refractivity contribution in [2.45, 2.75) is 0 Å². The lowest BCUT2D eigenvalue weighted by Gasteiger charge is -2.28. The molecule has 0 saturated heterocycles. The number of ether oxygens (including phenoxy) is 2. The van der Waals surface area contributed by atoms with Crippen LogP contribution in [0.25, 0.3) is 142 Å². The molecule has 0 radical (unpaired) electrons. The smallest absolute Gasteiger partial charge is 0.136 e. The molecular weight excluding hydrogens is 873 g/mol. The molecule has 0 saturated carbocycles. The summed E-state index contributed by atoms with van der Waals surface area (Å²) in [5.74, 6) is 3.37. The Kier molecular flexibility index (Phi) is 8.20. The maximum Gasteiger partial charge on any atom is 0.136 e. The normalized spacial score (nSPS) is 12.4. The average molecular weight is 913 g/mol. The third-order valence-electron chi connectivity index (χ3n) is 15.6. The van der Waals surface area contributed by atoms with Gasteiger partial charge in [0, 0.05) is 21.9 Å². The minimum Gasteiger partial charge on any atom is -0.456 e. The fourth-order valence-corrected chi connectivity index (χ4v) is 12.6. The second kappa shape index (κ2) is 15.0. The zero-order valence-corrected chi connectivity index (χ0v) is 38.9. The van der Waals surface area contributed by atoms with Crippen LogP contribution in [0.2, 0.25) is 0 Å². The van der Waals surface area contributed by atoms with Crippen LogP contribution in [0, 0.1) is 0 Å². The topological polar surface area (TPSA) is 18.5 Å².